The van der Waals surface area contributed by atoms with Crippen LogP contribution in [0.5, 0.6) is 0 Å². The molecule has 0 aliphatic carbocycles. The van der Waals surface area contributed by atoms with E-state index in [1.807, 2.05) is 18.7 Å². The average Bonchev–Trinajstić information content (AvgIpc) is 3.19. The smallest absolute Gasteiger partial charge is 0.191 e. The molecule has 0 aromatic carbocycles. The van der Waals surface area contributed by atoms with Crippen LogP contribution in [0.4, 0.5) is 0 Å². The first-order valence-corrected chi connectivity index (χ1v) is 9.27. The molecule has 1 atom stereocenters. The lowest BCUT2D eigenvalue weighted by atomic mass is 9.91. The summed E-state index contributed by atoms with van der Waals surface area (Å²) in [5, 5.41) is 13.6. The van der Waals surface area contributed by atoms with Crippen molar-refractivity contribution < 1.29 is 0 Å². The van der Waals surface area contributed by atoms with E-state index in [1.165, 1.54) is 4.88 Å². The zero-order valence-corrected chi connectivity index (χ0v) is 18.4. The molecule has 8 heteroatoms. The van der Waals surface area contributed by atoms with Crippen LogP contribution in [0.15, 0.2) is 22.5 Å². The highest BCUT2D eigenvalue weighted by atomic mass is 127. The van der Waals surface area contributed by atoms with Gasteiger partial charge in [0.05, 0.1) is 6.54 Å². The van der Waals surface area contributed by atoms with E-state index >= 15 is 0 Å². The number of nitrogens with one attached hydrogen (secondary N) is 2. The van der Waals surface area contributed by atoms with Crippen molar-refractivity contribution >= 4 is 41.3 Å². The topological polar surface area (TPSA) is 67.1 Å². The highest BCUT2D eigenvalue weighted by Crippen LogP contribution is 2.26. The highest BCUT2D eigenvalue weighted by molar-refractivity contribution is 14.0. The van der Waals surface area contributed by atoms with E-state index in [-0.39, 0.29) is 29.4 Å². The third kappa shape index (κ3) is 4.93. The Labute approximate surface area is 170 Å². The van der Waals surface area contributed by atoms with Crippen molar-refractivity contribution in [2.24, 2.45) is 4.99 Å². The van der Waals surface area contributed by atoms with Crippen LogP contribution in [-0.2, 0) is 18.4 Å². The molecule has 25 heavy (non-hydrogen) atoms. The number of nitrogens with zero attached hydrogens (tertiary/aromatic N) is 4. The Morgan fingerprint density at radius 3 is 2.96 bits per heavy atom. The molecule has 1 aliphatic rings. The number of aliphatic imine (C=N–C) groups is 1. The minimum Gasteiger partial charge on any atom is -0.356 e. The van der Waals surface area contributed by atoms with Gasteiger partial charge in [0.1, 0.15) is 11.6 Å². The summed E-state index contributed by atoms with van der Waals surface area (Å²) in [6.07, 6.45) is 2.00. The summed E-state index contributed by atoms with van der Waals surface area (Å²) in [7, 11) is 1.82. The maximum atomic E-state index is 4.46. The minimum absolute atomic E-state index is 0. The predicted octanol–water partition coefficient (Wildman–Crippen LogP) is 2.72. The predicted molar refractivity (Wildman–Crippen MR) is 114 cm³/mol. The number of aryl methyl sites for hydroxylation is 2. The molecule has 0 radical (unpaired) electrons. The molecule has 6 nitrogen and oxygen atoms in total. The van der Waals surface area contributed by atoms with Crippen LogP contribution in [0.25, 0.3) is 0 Å². The molecule has 138 valence electrons. The lowest BCUT2D eigenvalue weighted by Crippen LogP contribution is -2.49. The number of aromatic nitrogens is 3. The van der Waals surface area contributed by atoms with Gasteiger partial charge in [-0.25, -0.2) is 9.67 Å². The second-order valence-corrected chi connectivity index (χ2v) is 7.87. The maximum absolute atomic E-state index is 4.46. The number of hydrogen-bond donors (Lipinski definition) is 2. The van der Waals surface area contributed by atoms with Gasteiger partial charge in [-0.1, -0.05) is 19.9 Å². The number of rotatable bonds is 4. The zero-order chi connectivity index (χ0) is 17.2. The second kappa shape index (κ2) is 8.48. The number of guanidine groups is 1. The molecule has 0 bridgehead atoms. The Bertz CT molecular complexity index is 707. The van der Waals surface area contributed by atoms with Gasteiger partial charge in [0.25, 0.3) is 0 Å². The molecular formula is C17H27IN6S. The zero-order valence-electron chi connectivity index (χ0n) is 15.2. The fourth-order valence-corrected chi connectivity index (χ4v) is 3.85. The molecule has 0 spiro atoms. The SMILES string of the molecule is CN=C(NCC(C)(C)c1cccs1)NC1CCc2nc(C)nn2C1.I. The molecule has 2 aromatic rings. The Balaban J connectivity index is 0.00000225. The van der Waals surface area contributed by atoms with Gasteiger partial charge in [0.15, 0.2) is 5.96 Å². The van der Waals surface area contributed by atoms with Gasteiger partial charge in [-0.3, -0.25) is 4.99 Å². The van der Waals surface area contributed by atoms with E-state index in [0.29, 0.717) is 6.04 Å². The average molecular weight is 474 g/mol. The van der Waals surface area contributed by atoms with Crippen LogP contribution in [0, 0.1) is 6.92 Å². The first-order chi connectivity index (χ1) is 11.5. The van der Waals surface area contributed by atoms with Gasteiger partial charge < -0.3 is 10.6 Å². The summed E-state index contributed by atoms with van der Waals surface area (Å²) in [5.41, 5.74) is 0.0779. The number of hydrogen-bond acceptors (Lipinski definition) is 4. The van der Waals surface area contributed by atoms with Gasteiger partial charge >= 0.3 is 0 Å². The summed E-state index contributed by atoms with van der Waals surface area (Å²) in [4.78, 5) is 10.2. The Hall–Kier alpha value is -1.16. The van der Waals surface area contributed by atoms with Crippen LogP contribution in [0.1, 0.15) is 36.8 Å². The maximum Gasteiger partial charge on any atom is 0.191 e. The standard InChI is InChI=1S/C17H26N6S.HI/c1-12-20-15-8-7-13(10-23(15)22-12)21-16(18-4)19-11-17(2,3)14-6-5-9-24-14;/h5-6,9,13H,7-8,10-11H2,1-4H3,(H2,18,19,21);1H. The largest absolute Gasteiger partial charge is 0.356 e. The molecule has 1 unspecified atom stereocenters. The van der Waals surface area contributed by atoms with Crippen LogP contribution in [0.3, 0.4) is 0 Å². The monoisotopic (exact) mass is 474 g/mol. The summed E-state index contributed by atoms with van der Waals surface area (Å²) < 4.78 is 2.01. The van der Waals surface area contributed by atoms with Crippen molar-refractivity contribution in [3.63, 3.8) is 0 Å². The third-order valence-electron chi connectivity index (χ3n) is 4.41. The van der Waals surface area contributed by atoms with Gasteiger partial charge in [0.2, 0.25) is 0 Å². The molecule has 0 fully saturated rings. The van der Waals surface area contributed by atoms with Crippen LogP contribution in [0.2, 0.25) is 0 Å². The molecule has 3 heterocycles. The minimum atomic E-state index is 0. The van der Waals surface area contributed by atoms with Crippen molar-refractivity contribution in [2.45, 2.75) is 51.6 Å². The van der Waals surface area contributed by atoms with Crippen molar-refractivity contribution in [1.82, 2.24) is 25.4 Å². The lowest BCUT2D eigenvalue weighted by Gasteiger charge is -2.28. The van der Waals surface area contributed by atoms with Crippen molar-refractivity contribution in [3.8, 4) is 0 Å². The number of thiophene rings is 1. The molecule has 2 aromatic heterocycles. The summed E-state index contributed by atoms with van der Waals surface area (Å²) >= 11 is 1.80. The summed E-state index contributed by atoms with van der Waals surface area (Å²) in [6.45, 7) is 8.13. The van der Waals surface area contributed by atoms with Crippen LogP contribution < -0.4 is 10.6 Å². The Morgan fingerprint density at radius 1 is 1.48 bits per heavy atom. The molecule has 2 N–H and O–H groups in total. The summed E-state index contributed by atoms with van der Waals surface area (Å²) in [6, 6.07) is 4.63. The van der Waals surface area contributed by atoms with Crippen molar-refractivity contribution in [2.75, 3.05) is 13.6 Å². The Morgan fingerprint density at radius 2 is 2.28 bits per heavy atom. The molecule has 0 saturated carbocycles. The van der Waals surface area contributed by atoms with E-state index < -0.39 is 0 Å². The normalized spacial score (nSPS) is 17.6. The van der Waals surface area contributed by atoms with Gasteiger partial charge in [-0.15, -0.1) is 35.3 Å². The molecular weight excluding hydrogens is 447 g/mol. The summed E-state index contributed by atoms with van der Waals surface area (Å²) in [5.74, 6) is 2.79. The van der Waals surface area contributed by atoms with E-state index in [0.717, 1.165) is 43.5 Å². The first-order valence-electron chi connectivity index (χ1n) is 8.39. The van der Waals surface area contributed by atoms with E-state index in [2.05, 4.69) is 57.1 Å². The fraction of sp³-hybridized carbons (Fsp3) is 0.588. The number of fused-ring (bicyclic) bond motifs is 1. The highest BCUT2D eigenvalue weighted by Gasteiger charge is 2.24. The van der Waals surface area contributed by atoms with E-state index in [1.54, 1.807) is 11.3 Å². The van der Waals surface area contributed by atoms with Crippen LogP contribution in [-0.4, -0.2) is 40.4 Å². The molecule has 0 amide bonds. The van der Waals surface area contributed by atoms with Crippen molar-refractivity contribution in [1.29, 1.82) is 0 Å². The van der Waals surface area contributed by atoms with Crippen LogP contribution >= 0.6 is 35.3 Å². The quantitative estimate of drug-likeness (QED) is 0.407. The van der Waals surface area contributed by atoms with Gasteiger partial charge in [-0.2, -0.15) is 5.10 Å². The first kappa shape index (κ1) is 20.2. The van der Waals surface area contributed by atoms with Gasteiger partial charge in [0, 0.05) is 36.3 Å². The second-order valence-electron chi connectivity index (χ2n) is 6.92. The van der Waals surface area contributed by atoms with E-state index in [4.69, 9.17) is 0 Å². The number of halogens is 1. The fourth-order valence-electron chi connectivity index (χ4n) is 3.00. The molecule has 0 saturated heterocycles. The molecule has 3 rings (SSSR count). The third-order valence-corrected chi connectivity index (χ3v) is 5.65. The van der Waals surface area contributed by atoms with Crippen molar-refractivity contribution in [3.05, 3.63) is 34.0 Å². The molecule has 1 aliphatic heterocycles. The lowest BCUT2D eigenvalue weighted by molar-refractivity contribution is 0.390. The van der Waals surface area contributed by atoms with Gasteiger partial charge in [-0.05, 0) is 24.8 Å². The van der Waals surface area contributed by atoms with E-state index in [9.17, 15) is 0 Å². The Kier molecular flexibility index (Phi) is 6.84.